The molecule has 0 saturated carbocycles. The van der Waals surface area contributed by atoms with Crippen LogP contribution in [0.4, 0.5) is 13.2 Å². The average Bonchev–Trinajstić information content (AvgIpc) is 2.37. The molecule has 1 fully saturated rings. The summed E-state index contributed by atoms with van der Waals surface area (Å²) in [6.07, 6.45) is -0.0768. The van der Waals surface area contributed by atoms with Crippen molar-refractivity contribution in [3.05, 3.63) is 35.1 Å². The Hall–Kier alpha value is -1.11. The molecule has 1 heterocycles. The fourth-order valence-corrected chi connectivity index (χ4v) is 2.14. The Labute approximate surface area is 109 Å². The van der Waals surface area contributed by atoms with E-state index in [0.29, 0.717) is 32.4 Å². The van der Waals surface area contributed by atoms with Crippen LogP contribution in [0.15, 0.2) is 12.1 Å². The summed E-state index contributed by atoms with van der Waals surface area (Å²) in [6, 6.07) is 1.49. The highest BCUT2D eigenvalue weighted by Gasteiger charge is 2.21. The van der Waals surface area contributed by atoms with Crippen molar-refractivity contribution in [2.75, 3.05) is 33.4 Å². The van der Waals surface area contributed by atoms with E-state index < -0.39 is 17.5 Å². The number of halogens is 3. The monoisotopic (exact) mass is 275 g/mol. The molecule has 3 nitrogen and oxygen atoms in total. The summed E-state index contributed by atoms with van der Waals surface area (Å²) in [4.78, 5) is 1.93. The van der Waals surface area contributed by atoms with Crippen LogP contribution in [0.25, 0.3) is 0 Å². The molecule has 1 aliphatic heterocycles. The van der Waals surface area contributed by atoms with Gasteiger partial charge >= 0.3 is 0 Å². The van der Waals surface area contributed by atoms with Gasteiger partial charge in [0.2, 0.25) is 0 Å². The second-order valence-corrected chi connectivity index (χ2v) is 4.54. The molecule has 2 rings (SSSR count). The van der Waals surface area contributed by atoms with Crippen molar-refractivity contribution in [2.24, 2.45) is 0 Å². The van der Waals surface area contributed by atoms with Crippen molar-refractivity contribution < 1.29 is 22.6 Å². The first-order valence-corrected chi connectivity index (χ1v) is 6.06. The van der Waals surface area contributed by atoms with Gasteiger partial charge in [-0.3, -0.25) is 4.90 Å². The third-order valence-electron chi connectivity index (χ3n) is 3.06. The molecule has 106 valence electrons. The molecule has 0 aromatic heterocycles. The Morgan fingerprint density at radius 1 is 1.26 bits per heavy atom. The highest BCUT2D eigenvalue weighted by Crippen LogP contribution is 2.17. The fourth-order valence-electron chi connectivity index (χ4n) is 2.14. The van der Waals surface area contributed by atoms with Crippen LogP contribution in [0, 0.1) is 17.5 Å². The molecule has 1 aromatic carbocycles. The molecule has 0 spiro atoms. The molecule has 0 amide bonds. The van der Waals surface area contributed by atoms with Crippen molar-refractivity contribution in [1.82, 2.24) is 4.90 Å². The molecule has 0 bridgehead atoms. The van der Waals surface area contributed by atoms with Gasteiger partial charge in [-0.15, -0.1) is 0 Å². The van der Waals surface area contributed by atoms with Gasteiger partial charge in [-0.25, -0.2) is 13.2 Å². The Morgan fingerprint density at radius 3 is 2.74 bits per heavy atom. The first-order chi connectivity index (χ1) is 9.10. The molecule has 0 unspecified atom stereocenters. The van der Waals surface area contributed by atoms with E-state index in [1.165, 1.54) is 0 Å². The lowest BCUT2D eigenvalue weighted by Gasteiger charge is -2.32. The second kappa shape index (κ2) is 6.36. The predicted octanol–water partition coefficient (Wildman–Crippen LogP) is 1.95. The normalized spacial score (nSPS) is 20.7. The summed E-state index contributed by atoms with van der Waals surface area (Å²) in [7, 11) is 1.58. The molecule has 0 radical (unpaired) electrons. The third kappa shape index (κ3) is 3.68. The van der Waals surface area contributed by atoms with Gasteiger partial charge in [-0.2, -0.15) is 0 Å². The maximum atomic E-state index is 13.5. The molecule has 19 heavy (non-hydrogen) atoms. The van der Waals surface area contributed by atoms with Crippen LogP contribution in [0.2, 0.25) is 0 Å². The zero-order chi connectivity index (χ0) is 13.8. The van der Waals surface area contributed by atoms with E-state index in [-0.39, 0.29) is 18.2 Å². The summed E-state index contributed by atoms with van der Waals surface area (Å²) in [5.41, 5.74) is 0.150. The summed E-state index contributed by atoms with van der Waals surface area (Å²) < 4.78 is 50.0. The van der Waals surface area contributed by atoms with Crippen LogP contribution in [-0.2, 0) is 16.0 Å². The molecular weight excluding hydrogens is 259 g/mol. The molecule has 0 N–H and O–H groups in total. The minimum absolute atomic E-state index is 0.0768. The van der Waals surface area contributed by atoms with Crippen molar-refractivity contribution >= 4 is 0 Å². The minimum Gasteiger partial charge on any atom is -0.382 e. The highest BCUT2D eigenvalue weighted by atomic mass is 19.2. The number of hydrogen-bond donors (Lipinski definition) is 0. The van der Waals surface area contributed by atoms with Gasteiger partial charge in [-0.1, -0.05) is 0 Å². The topological polar surface area (TPSA) is 21.7 Å². The summed E-state index contributed by atoms with van der Waals surface area (Å²) in [5, 5.41) is 0. The zero-order valence-electron chi connectivity index (χ0n) is 10.7. The van der Waals surface area contributed by atoms with Crippen LogP contribution in [0.3, 0.4) is 0 Å². The van der Waals surface area contributed by atoms with Crippen LogP contribution in [-0.4, -0.2) is 44.4 Å². The number of benzene rings is 1. The van der Waals surface area contributed by atoms with E-state index in [9.17, 15) is 13.2 Å². The number of ether oxygens (including phenoxy) is 2. The van der Waals surface area contributed by atoms with Gasteiger partial charge in [-0.05, 0) is 6.07 Å². The number of rotatable bonds is 4. The first kappa shape index (κ1) is 14.3. The predicted molar refractivity (Wildman–Crippen MR) is 63.2 cm³/mol. The van der Waals surface area contributed by atoms with E-state index >= 15 is 0 Å². The van der Waals surface area contributed by atoms with Gasteiger partial charge in [0, 0.05) is 38.4 Å². The first-order valence-electron chi connectivity index (χ1n) is 6.06. The minimum atomic E-state index is -1.17. The van der Waals surface area contributed by atoms with E-state index in [4.69, 9.17) is 9.47 Å². The van der Waals surface area contributed by atoms with Crippen molar-refractivity contribution in [1.29, 1.82) is 0 Å². The molecule has 1 saturated heterocycles. The van der Waals surface area contributed by atoms with Gasteiger partial charge in [0.1, 0.15) is 5.82 Å². The quantitative estimate of drug-likeness (QED) is 0.784. The molecular formula is C13H16F3NO2. The second-order valence-electron chi connectivity index (χ2n) is 4.54. The Morgan fingerprint density at radius 2 is 2.00 bits per heavy atom. The van der Waals surface area contributed by atoms with Gasteiger partial charge < -0.3 is 9.47 Å². The van der Waals surface area contributed by atoms with E-state index in [0.717, 1.165) is 6.07 Å². The Kier molecular flexibility index (Phi) is 4.79. The maximum absolute atomic E-state index is 13.5. The largest absolute Gasteiger partial charge is 0.382 e. The van der Waals surface area contributed by atoms with Crippen molar-refractivity contribution in [2.45, 2.75) is 12.6 Å². The SMILES string of the molecule is COC[C@@H]1CN(Cc2cc(F)c(F)cc2F)CCO1. The molecule has 6 heteroatoms. The molecule has 1 aromatic rings. The van der Waals surface area contributed by atoms with Crippen LogP contribution in [0.5, 0.6) is 0 Å². The zero-order valence-corrected chi connectivity index (χ0v) is 10.7. The smallest absolute Gasteiger partial charge is 0.161 e. The van der Waals surface area contributed by atoms with E-state index in [1.807, 2.05) is 4.90 Å². The van der Waals surface area contributed by atoms with E-state index in [2.05, 4.69) is 0 Å². The highest BCUT2D eigenvalue weighted by molar-refractivity contribution is 5.20. The fraction of sp³-hybridized carbons (Fsp3) is 0.538. The average molecular weight is 275 g/mol. The maximum Gasteiger partial charge on any atom is 0.161 e. The van der Waals surface area contributed by atoms with Crippen molar-refractivity contribution in [3.63, 3.8) is 0 Å². The lowest BCUT2D eigenvalue weighted by atomic mass is 10.1. The Bertz CT molecular complexity index is 440. The molecule has 0 aliphatic carbocycles. The summed E-state index contributed by atoms with van der Waals surface area (Å²) in [5.74, 6) is -2.92. The van der Waals surface area contributed by atoms with Gasteiger partial charge in [0.05, 0.1) is 19.3 Å². The number of nitrogens with zero attached hydrogens (tertiary/aromatic N) is 1. The lowest BCUT2D eigenvalue weighted by molar-refractivity contribution is -0.0633. The summed E-state index contributed by atoms with van der Waals surface area (Å²) in [6.45, 7) is 2.40. The van der Waals surface area contributed by atoms with Crippen LogP contribution >= 0.6 is 0 Å². The number of methoxy groups -OCH3 is 1. The van der Waals surface area contributed by atoms with E-state index in [1.54, 1.807) is 7.11 Å². The standard InChI is InChI=1S/C13H16F3NO2/c1-18-8-10-7-17(2-3-19-10)6-9-4-12(15)13(16)5-11(9)14/h4-5,10H,2-3,6-8H2,1H3/t10-/m0/s1. The number of hydrogen-bond acceptors (Lipinski definition) is 3. The van der Waals surface area contributed by atoms with Gasteiger partial charge in [0.15, 0.2) is 11.6 Å². The molecule has 1 aliphatic rings. The van der Waals surface area contributed by atoms with Gasteiger partial charge in [0.25, 0.3) is 0 Å². The third-order valence-corrected chi connectivity index (χ3v) is 3.06. The molecule has 1 atom stereocenters. The lowest BCUT2D eigenvalue weighted by Crippen LogP contribution is -2.43. The van der Waals surface area contributed by atoms with Crippen molar-refractivity contribution in [3.8, 4) is 0 Å². The Balaban J connectivity index is 2.02. The van der Waals surface area contributed by atoms with Crippen LogP contribution in [0.1, 0.15) is 5.56 Å². The number of morpholine rings is 1. The van der Waals surface area contributed by atoms with Crippen LogP contribution < -0.4 is 0 Å². The summed E-state index contributed by atoms with van der Waals surface area (Å²) >= 11 is 0.